The van der Waals surface area contributed by atoms with Crippen LogP contribution in [0.15, 0.2) is 22.8 Å². The number of furan rings is 1. The van der Waals surface area contributed by atoms with Crippen molar-refractivity contribution in [2.45, 2.75) is 77.7 Å². The van der Waals surface area contributed by atoms with Gasteiger partial charge in [0.05, 0.1) is 12.3 Å². The molecule has 0 unspecified atom stereocenters. The number of carbonyl (C=O) groups excluding carboxylic acids is 1. The lowest BCUT2D eigenvalue weighted by atomic mass is 9.99. The zero-order valence-electron chi connectivity index (χ0n) is 17.6. The van der Waals surface area contributed by atoms with E-state index in [2.05, 4.69) is 33.9 Å². The number of likely N-dealkylation sites (tertiary alicyclic amines) is 1. The highest BCUT2D eigenvalue weighted by molar-refractivity contribution is 6.74. The number of carbonyl (C=O) groups is 1. The van der Waals surface area contributed by atoms with Gasteiger partial charge in [0, 0.05) is 19.1 Å². The Kier molecular flexibility index (Phi) is 5.98. The Labute approximate surface area is 159 Å². The van der Waals surface area contributed by atoms with Crippen LogP contribution in [0.25, 0.3) is 0 Å². The monoisotopic (exact) mass is 381 g/mol. The topological polar surface area (TPSA) is 51.9 Å². The first-order chi connectivity index (χ1) is 11.8. The van der Waals surface area contributed by atoms with Gasteiger partial charge in [-0.3, -0.25) is 4.90 Å². The van der Waals surface area contributed by atoms with E-state index in [-0.39, 0.29) is 23.1 Å². The molecule has 1 amide bonds. The Morgan fingerprint density at radius 1 is 1.27 bits per heavy atom. The number of nitrogens with zero attached hydrogens (tertiary/aromatic N) is 1. The van der Waals surface area contributed by atoms with Crippen LogP contribution in [-0.4, -0.2) is 38.1 Å². The fourth-order valence-electron chi connectivity index (χ4n) is 2.93. The molecule has 0 aromatic carbocycles. The second-order valence-corrected chi connectivity index (χ2v) is 14.6. The molecule has 1 fully saturated rings. The van der Waals surface area contributed by atoms with Crippen LogP contribution in [-0.2, 0) is 9.16 Å². The third-order valence-corrected chi connectivity index (χ3v) is 9.95. The van der Waals surface area contributed by atoms with E-state index in [0.717, 1.165) is 12.2 Å². The van der Waals surface area contributed by atoms with Crippen molar-refractivity contribution in [1.29, 1.82) is 0 Å². The van der Waals surface area contributed by atoms with Crippen molar-refractivity contribution in [2.24, 2.45) is 5.92 Å². The van der Waals surface area contributed by atoms with E-state index in [4.69, 9.17) is 13.6 Å². The van der Waals surface area contributed by atoms with Gasteiger partial charge in [-0.2, -0.15) is 0 Å². The maximum Gasteiger partial charge on any atom is 0.410 e. The Balaban J connectivity index is 2.16. The van der Waals surface area contributed by atoms with Crippen LogP contribution in [0.2, 0.25) is 18.1 Å². The van der Waals surface area contributed by atoms with Gasteiger partial charge in [0.2, 0.25) is 0 Å². The summed E-state index contributed by atoms with van der Waals surface area (Å²) in [5, 5.41) is 0.163. The summed E-state index contributed by atoms with van der Waals surface area (Å²) in [4.78, 5) is 14.5. The molecule has 1 saturated heterocycles. The van der Waals surface area contributed by atoms with E-state index in [9.17, 15) is 4.79 Å². The molecule has 26 heavy (non-hydrogen) atoms. The molecule has 6 heteroatoms. The van der Waals surface area contributed by atoms with Crippen molar-refractivity contribution >= 4 is 14.4 Å². The molecule has 2 atom stereocenters. The first kappa shape index (κ1) is 21.0. The van der Waals surface area contributed by atoms with E-state index in [0.29, 0.717) is 13.2 Å². The second kappa shape index (κ2) is 7.39. The van der Waals surface area contributed by atoms with Crippen molar-refractivity contribution in [3.8, 4) is 0 Å². The van der Waals surface area contributed by atoms with Gasteiger partial charge in [0.25, 0.3) is 0 Å². The Morgan fingerprint density at radius 2 is 1.92 bits per heavy atom. The van der Waals surface area contributed by atoms with Crippen LogP contribution in [0.4, 0.5) is 4.79 Å². The maximum absolute atomic E-state index is 12.7. The second-order valence-electron chi connectivity index (χ2n) is 9.75. The predicted molar refractivity (Wildman–Crippen MR) is 106 cm³/mol. The van der Waals surface area contributed by atoms with Crippen LogP contribution in [0.5, 0.6) is 0 Å². The van der Waals surface area contributed by atoms with Crippen LogP contribution in [0.1, 0.15) is 59.8 Å². The molecule has 1 aromatic heterocycles. The molecular formula is C20H35NO4Si. The molecule has 1 aromatic rings. The fourth-order valence-corrected chi connectivity index (χ4v) is 4.00. The first-order valence-corrected chi connectivity index (χ1v) is 12.4. The quantitative estimate of drug-likeness (QED) is 0.637. The molecule has 0 spiro atoms. The molecule has 0 radical (unpaired) electrons. The van der Waals surface area contributed by atoms with Gasteiger partial charge < -0.3 is 13.6 Å². The number of ether oxygens (including phenoxy) is 1. The van der Waals surface area contributed by atoms with Crippen LogP contribution >= 0.6 is 0 Å². The van der Waals surface area contributed by atoms with E-state index >= 15 is 0 Å². The highest BCUT2D eigenvalue weighted by Crippen LogP contribution is 2.41. The SMILES string of the molecule is CC(C)(C)OC(=O)N1CC[C@H](CO[Si](C)(C)C(C)(C)C)[C@@H]1c1ccco1. The summed E-state index contributed by atoms with van der Waals surface area (Å²) in [6.45, 7) is 18.2. The average molecular weight is 382 g/mol. The van der Waals surface area contributed by atoms with Gasteiger partial charge in [-0.1, -0.05) is 20.8 Å². The first-order valence-electron chi connectivity index (χ1n) is 9.49. The molecule has 1 aliphatic rings. The number of hydrogen-bond acceptors (Lipinski definition) is 4. The summed E-state index contributed by atoms with van der Waals surface area (Å²) in [7, 11) is -1.84. The zero-order chi connectivity index (χ0) is 19.8. The third kappa shape index (κ3) is 4.91. The van der Waals surface area contributed by atoms with Crippen molar-refractivity contribution in [3.63, 3.8) is 0 Å². The van der Waals surface area contributed by atoms with Crippen LogP contribution in [0, 0.1) is 5.92 Å². The number of rotatable bonds is 4. The fraction of sp³-hybridized carbons (Fsp3) is 0.750. The highest BCUT2D eigenvalue weighted by atomic mass is 28.4. The van der Waals surface area contributed by atoms with Crippen LogP contribution in [0.3, 0.4) is 0 Å². The molecule has 148 valence electrons. The third-order valence-electron chi connectivity index (χ3n) is 5.45. The van der Waals surface area contributed by atoms with Crippen molar-refractivity contribution in [1.82, 2.24) is 4.90 Å². The standard InChI is InChI=1S/C20H35NO4Si/c1-19(2,3)25-18(22)21-12-11-15(17(21)16-10-9-13-23-16)14-24-26(7,8)20(4,5)6/h9-10,13,15,17H,11-12,14H2,1-8H3/t15-,17-/m1/s1. The van der Waals surface area contributed by atoms with Gasteiger partial charge in [-0.25, -0.2) is 4.79 Å². The maximum atomic E-state index is 12.7. The summed E-state index contributed by atoms with van der Waals surface area (Å²) >= 11 is 0. The lowest BCUT2D eigenvalue weighted by molar-refractivity contribution is 0.0171. The largest absolute Gasteiger partial charge is 0.467 e. The molecule has 0 aliphatic carbocycles. The average Bonchev–Trinajstić information content (AvgIpc) is 3.11. The molecule has 2 heterocycles. The van der Waals surface area contributed by atoms with Gasteiger partial charge in [-0.15, -0.1) is 0 Å². The van der Waals surface area contributed by atoms with Crippen molar-refractivity contribution in [2.75, 3.05) is 13.2 Å². The van der Waals surface area contributed by atoms with Gasteiger partial charge in [0.1, 0.15) is 11.4 Å². The molecule has 0 N–H and O–H groups in total. The van der Waals surface area contributed by atoms with E-state index in [1.165, 1.54) is 0 Å². The summed E-state index contributed by atoms with van der Waals surface area (Å²) in [6.07, 6.45) is 2.26. The summed E-state index contributed by atoms with van der Waals surface area (Å²) in [5.41, 5.74) is -0.513. The molecule has 0 saturated carbocycles. The van der Waals surface area contributed by atoms with Gasteiger partial charge in [-0.05, 0) is 57.5 Å². The Hall–Kier alpha value is -1.27. The van der Waals surface area contributed by atoms with Crippen LogP contribution < -0.4 is 0 Å². The molecular weight excluding hydrogens is 346 g/mol. The van der Waals surface area contributed by atoms with Crippen molar-refractivity contribution < 1.29 is 18.4 Å². The minimum Gasteiger partial charge on any atom is -0.467 e. The molecule has 5 nitrogen and oxygen atoms in total. The number of amides is 1. The predicted octanol–water partition coefficient (Wildman–Crippen LogP) is 5.60. The van der Waals surface area contributed by atoms with E-state index < -0.39 is 13.9 Å². The summed E-state index contributed by atoms with van der Waals surface area (Å²) < 4.78 is 17.7. The van der Waals surface area contributed by atoms with Crippen molar-refractivity contribution in [3.05, 3.63) is 24.2 Å². The molecule has 1 aliphatic heterocycles. The van der Waals surface area contributed by atoms with E-state index in [1.54, 1.807) is 11.2 Å². The lowest BCUT2D eigenvalue weighted by Gasteiger charge is -2.37. The minimum atomic E-state index is -1.84. The summed E-state index contributed by atoms with van der Waals surface area (Å²) in [6, 6.07) is 3.67. The molecule has 0 bridgehead atoms. The smallest absolute Gasteiger partial charge is 0.410 e. The Bertz CT molecular complexity index is 598. The number of hydrogen-bond donors (Lipinski definition) is 0. The van der Waals surface area contributed by atoms with E-state index in [1.807, 2.05) is 32.9 Å². The van der Waals surface area contributed by atoms with Gasteiger partial charge >= 0.3 is 6.09 Å². The Morgan fingerprint density at radius 3 is 2.42 bits per heavy atom. The normalized spacial score (nSPS) is 21.9. The summed E-state index contributed by atoms with van der Waals surface area (Å²) in [5.74, 6) is 1.01. The minimum absolute atomic E-state index is 0.135. The molecule has 2 rings (SSSR count). The lowest BCUT2D eigenvalue weighted by Crippen LogP contribution is -2.43. The van der Waals surface area contributed by atoms with Gasteiger partial charge in [0.15, 0.2) is 8.32 Å². The zero-order valence-corrected chi connectivity index (χ0v) is 18.6. The highest BCUT2D eigenvalue weighted by Gasteiger charge is 2.44.